The van der Waals surface area contributed by atoms with E-state index in [2.05, 4.69) is 75.1 Å². The number of ether oxygens (including phenoxy) is 2. The Morgan fingerprint density at radius 1 is 0.892 bits per heavy atom. The fourth-order valence-electron chi connectivity index (χ4n) is 5.27. The molecule has 0 radical (unpaired) electrons. The third-order valence-electron chi connectivity index (χ3n) is 7.00. The first-order chi connectivity index (χ1) is 17.9. The Bertz CT molecular complexity index is 1460. The molecule has 3 aromatic carbocycles. The van der Waals surface area contributed by atoms with E-state index in [-0.39, 0.29) is 23.0 Å². The maximum Gasteiger partial charge on any atom is 0.345 e. The molecular weight excluding hydrogens is 476 g/mol. The maximum atomic E-state index is 13.0. The summed E-state index contributed by atoms with van der Waals surface area (Å²) in [6, 6.07) is 25.1. The molecule has 1 fully saturated rings. The molecule has 1 aromatic heterocycles. The highest BCUT2D eigenvalue weighted by Gasteiger charge is 2.34. The lowest BCUT2D eigenvalue weighted by atomic mass is 9.85. The quantitative estimate of drug-likeness (QED) is 0.155. The molecule has 4 heteroatoms. The first-order valence-electron chi connectivity index (χ1n) is 13.0. The average Bonchev–Trinajstić information content (AvgIpc) is 3.24. The highest BCUT2D eigenvalue weighted by molar-refractivity contribution is 7.45. The molecule has 37 heavy (non-hydrogen) atoms. The summed E-state index contributed by atoms with van der Waals surface area (Å²) in [6.45, 7) is 6.18. The molecule has 0 bridgehead atoms. The second kappa shape index (κ2) is 10.8. The number of fused-ring (bicyclic) bond motifs is 1. The summed E-state index contributed by atoms with van der Waals surface area (Å²) in [7, 11) is -0.0821. The lowest BCUT2D eigenvalue weighted by Crippen LogP contribution is -2.37. The molecule has 1 atom stereocenters. The summed E-state index contributed by atoms with van der Waals surface area (Å²) in [5.41, 5.74) is 2.26. The topological polar surface area (TPSA) is 35.5 Å². The molecule has 0 aliphatic heterocycles. The monoisotopic (exact) mass is 509 g/mol. The molecular formula is C33H33O3S+. The second-order valence-electron chi connectivity index (χ2n) is 9.92. The predicted molar refractivity (Wildman–Crippen MR) is 153 cm³/mol. The minimum absolute atomic E-state index is 0.0821. The van der Waals surface area contributed by atoms with Gasteiger partial charge >= 0.3 is 5.97 Å². The minimum Gasteiger partial charge on any atom is -0.481 e. The van der Waals surface area contributed by atoms with Crippen molar-refractivity contribution in [3.63, 3.8) is 0 Å². The van der Waals surface area contributed by atoms with Gasteiger partial charge in [0.25, 0.3) is 0 Å². The molecule has 1 aliphatic carbocycles. The third kappa shape index (κ3) is 5.58. The standard InChI is InChI=1S/C33H33O3S/c1-24-20-29(37-26(3)22-28-14-8-9-15-30(28)37)21-25(2)32(24)35-23-31(34)36-33(17-10-5-11-18-33)19-16-27-12-6-4-7-13-27/h4,6-9,12-15,20-22H,5,10-11,17-18,23H2,1-3H3/q+1. The van der Waals surface area contributed by atoms with Gasteiger partial charge in [0.2, 0.25) is 0 Å². The molecule has 4 aromatic rings. The fraction of sp³-hybridized carbons (Fsp3) is 0.303. The number of carbonyl (C=O) groups is 1. The van der Waals surface area contributed by atoms with Crippen molar-refractivity contribution in [3.05, 3.63) is 94.4 Å². The zero-order valence-electron chi connectivity index (χ0n) is 21.8. The van der Waals surface area contributed by atoms with Gasteiger partial charge in [0.15, 0.2) is 26.7 Å². The second-order valence-corrected chi connectivity index (χ2v) is 12.1. The molecule has 5 rings (SSSR count). The van der Waals surface area contributed by atoms with Gasteiger partial charge in [-0.25, -0.2) is 4.79 Å². The number of aryl methyl sites for hydroxylation is 3. The van der Waals surface area contributed by atoms with Crippen molar-refractivity contribution in [2.24, 2.45) is 0 Å². The summed E-state index contributed by atoms with van der Waals surface area (Å²) >= 11 is 0. The number of benzene rings is 3. The van der Waals surface area contributed by atoms with Gasteiger partial charge in [-0.1, -0.05) is 42.7 Å². The SMILES string of the molecule is Cc1cc(-[s+]2c(C)cc3ccccc32)cc(C)c1OCC(=O)OC1(C#Cc2ccccc2)CCCCC1. The van der Waals surface area contributed by atoms with Gasteiger partial charge in [-0.3, -0.25) is 0 Å². The van der Waals surface area contributed by atoms with E-state index in [1.165, 1.54) is 19.9 Å². The molecule has 0 amide bonds. The number of carbonyl (C=O) groups excluding carboxylic acids is 1. The summed E-state index contributed by atoms with van der Waals surface area (Å²) in [5.74, 6) is 6.92. The molecule has 3 nitrogen and oxygen atoms in total. The van der Waals surface area contributed by atoms with Crippen LogP contribution in [0.25, 0.3) is 15.0 Å². The minimum atomic E-state index is -0.733. The van der Waals surface area contributed by atoms with Crippen molar-refractivity contribution in [1.82, 2.24) is 0 Å². The highest BCUT2D eigenvalue weighted by Crippen LogP contribution is 2.45. The van der Waals surface area contributed by atoms with Gasteiger partial charge in [0, 0.05) is 46.5 Å². The average molecular weight is 510 g/mol. The van der Waals surface area contributed by atoms with Crippen LogP contribution in [-0.2, 0) is 9.53 Å². The van der Waals surface area contributed by atoms with E-state index < -0.39 is 5.60 Å². The van der Waals surface area contributed by atoms with Gasteiger partial charge in [-0.05, 0) is 80.8 Å². The Kier molecular flexibility index (Phi) is 7.35. The predicted octanol–water partition coefficient (Wildman–Crippen LogP) is 8.18. The van der Waals surface area contributed by atoms with Crippen molar-refractivity contribution < 1.29 is 14.3 Å². The van der Waals surface area contributed by atoms with E-state index in [4.69, 9.17) is 9.47 Å². The van der Waals surface area contributed by atoms with Crippen LogP contribution in [-0.4, -0.2) is 18.2 Å². The number of esters is 1. The molecule has 188 valence electrons. The first kappa shape index (κ1) is 25.1. The van der Waals surface area contributed by atoms with Crippen LogP contribution >= 0.6 is 10.5 Å². The van der Waals surface area contributed by atoms with Crippen LogP contribution in [0.1, 0.15) is 53.7 Å². The van der Waals surface area contributed by atoms with Gasteiger partial charge in [0.1, 0.15) is 5.75 Å². The Balaban J connectivity index is 1.32. The van der Waals surface area contributed by atoms with Crippen molar-refractivity contribution in [3.8, 4) is 22.5 Å². The van der Waals surface area contributed by atoms with E-state index in [1.807, 2.05) is 30.3 Å². The lowest BCUT2D eigenvalue weighted by Gasteiger charge is -2.32. The summed E-state index contributed by atoms with van der Waals surface area (Å²) in [4.78, 5) is 15.6. The van der Waals surface area contributed by atoms with E-state index in [1.54, 1.807) is 0 Å². The van der Waals surface area contributed by atoms with Crippen LogP contribution in [0, 0.1) is 32.6 Å². The molecule has 0 spiro atoms. The fourth-order valence-corrected chi connectivity index (χ4v) is 7.65. The number of hydrogen-bond acceptors (Lipinski definition) is 3. The molecule has 1 aliphatic rings. The zero-order valence-corrected chi connectivity index (χ0v) is 22.6. The third-order valence-corrected chi connectivity index (χ3v) is 9.28. The van der Waals surface area contributed by atoms with E-state index in [0.29, 0.717) is 0 Å². The lowest BCUT2D eigenvalue weighted by molar-refractivity contribution is -0.159. The Morgan fingerprint density at radius 2 is 1.57 bits per heavy atom. The van der Waals surface area contributed by atoms with Crippen molar-refractivity contribution in [2.75, 3.05) is 6.61 Å². The summed E-state index contributed by atoms with van der Waals surface area (Å²) < 4.78 is 13.4. The molecule has 1 saturated carbocycles. The molecule has 0 saturated heterocycles. The Labute approximate surface area is 222 Å². The summed E-state index contributed by atoms with van der Waals surface area (Å²) in [6.07, 6.45) is 4.70. The van der Waals surface area contributed by atoms with Gasteiger partial charge in [0.05, 0.1) is 0 Å². The van der Waals surface area contributed by atoms with Crippen molar-refractivity contribution in [2.45, 2.75) is 58.5 Å². The van der Waals surface area contributed by atoms with Crippen LogP contribution in [0.2, 0.25) is 0 Å². The van der Waals surface area contributed by atoms with Gasteiger partial charge in [-0.15, -0.1) is 0 Å². The van der Waals surface area contributed by atoms with Crippen LogP contribution in [0.15, 0.2) is 72.8 Å². The maximum absolute atomic E-state index is 13.0. The molecule has 0 N–H and O–H groups in total. The number of thiophene rings is 1. The van der Waals surface area contributed by atoms with E-state index in [9.17, 15) is 4.79 Å². The van der Waals surface area contributed by atoms with Crippen molar-refractivity contribution >= 4 is 26.5 Å². The smallest absolute Gasteiger partial charge is 0.345 e. The van der Waals surface area contributed by atoms with Crippen LogP contribution in [0.5, 0.6) is 5.75 Å². The Hall–Kier alpha value is -3.55. The van der Waals surface area contributed by atoms with Gasteiger partial charge < -0.3 is 9.47 Å². The summed E-state index contributed by atoms with van der Waals surface area (Å²) in [5, 5.41) is 1.30. The number of rotatable bonds is 5. The largest absolute Gasteiger partial charge is 0.481 e. The molecule has 1 heterocycles. The van der Waals surface area contributed by atoms with Crippen LogP contribution in [0.3, 0.4) is 0 Å². The van der Waals surface area contributed by atoms with Gasteiger partial charge in [-0.2, -0.15) is 0 Å². The van der Waals surface area contributed by atoms with Crippen LogP contribution < -0.4 is 4.74 Å². The van der Waals surface area contributed by atoms with E-state index in [0.717, 1.165) is 54.5 Å². The first-order valence-corrected chi connectivity index (χ1v) is 14.2. The Morgan fingerprint density at radius 3 is 2.30 bits per heavy atom. The highest BCUT2D eigenvalue weighted by atomic mass is 32.2. The van der Waals surface area contributed by atoms with Crippen molar-refractivity contribution in [1.29, 1.82) is 0 Å². The molecule has 1 unspecified atom stereocenters. The number of hydrogen-bond donors (Lipinski definition) is 0. The van der Waals surface area contributed by atoms with Crippen LogP contribution in [0.4, 0.5) is 0 Å². The zero-order chi connectivity index (χ0) is 25.8. The normalized spacial score (nSPS) is 15.1. The van der Waals surface area contributed by atoms with E-state index >= 15 is 0 Å².